The largest absolute Gasteiger partial charge is 0.503 e. The lowest BCUT2D eigenvalue weighted by Crippen LogP contribution is -2.19. The van der Waals surface area contributed by atoms with Crippen LogP contribution in [0.2, 0.25) is 0 Å². The molecule has 6 heteroatoms. The van der Waals surface area contributed by atoms with Gasteiger partial charge in [0.15, 0.2) is 11.5 Å². The first-order valence-corrected chi connectivity index (χ1v) is 7.14. The van der Waals surface area contributed by atoms with Gasteiger partial charge < -0.3 is 15.2 Å². The van der Waals surface area contributed by atoms with Gasteiger partial charge in [-0.1, -0.05) is 0 Å². The van der Waals surface area contributed by atoms with Crippen LogP contribution in [0, 0.1) is 6.92 Å². The Balaban J connectivity index is 1.86. The van der Waals surface area contributed by atoms with Gasteiger partial charge in [-0.05, 0) is 46.1 Å². The molecule has 2 N–H and O–H groups in total. The van der Waals surface area contributed by atoms with Crippen molar-refractivity contribution in [3.05, 3.63) is 40.1 Å². The number of aromatic nitrogens is 2. The van der Waals surface area contributed by atoms with E-state index in [0.29, 0.717) is 16.8 Å². The number of aromatic hydroxyl groups is 1. The molecule has 0 unspecified atom stereocenters. The number of nitrogens with one attached hydrogen (secondary N) is 1. The highest BCUT2D eigenvalue weighted by Gasteiger charge is 2.08. The summed E-state index contributed by atoms with van der Waals surface area (Å²) in [4.78, 5) is 0. The van der Waals surface area contributed by atoms with Gasteiger partial charge in [-0.2, -0.15) is 5.10 Å². The predicted octanol–water partition coefficient (Wildman–Crippen LogP) is 2.46. The molecule has 0 aliphatic rings. The molecule has 108 valence electrons. The Kier molecular flexibility index (Phi) is 5.03. The molecule has 0 atom stereocenters. The number of phenolic OH excluding ortho intramolecular Hbond substituents is 1. The summed E-state index contributed by atoms with van der Waals surface area (Å²) in [7, 11) is 1.54. The quantitative estimate of drug-likeness (QED) is 0.793. The summed E-state index contributed by atoms with van der Waals surface area (Å²) < 4.78 is 7.67. The number of ether oxygens (including phenoxy) is 1. The van der Waals surface area contributed by atoms with Gasteiger partial charge in [0.1, 0.15) is 0 Å². The first kappa shape index (κ1) is 14.9. The maximum Gasteiger partial charge on any atom is 0.172 e. The average Bonchev–Trinajstić information content (AvgIpc) is 2.84. The molecule has 0 bridgehead atoms. The van der Waals surface area contributed by atoms with Gasteiger partial charge in [0.05, 0.1) is 24.3 Å². The van der Waals surface area contributed by atoms with E-state index in [4.69, 9.17) is 4.74 Å². The number of rotatable bonds is 6. The maximum atomic E-state index is 9.74. The van der Waals surface area contributed by atoms with Crippen molar-refractivity contribution in [3.8, 4) is 11.5 Å². The molecule has 5 nitrogen and oxygen atoms in total. The highest BCUT2D eigenvalue weighted by molar-refractivity contribution is 9.10. The standard InChI is InChI=1S/C14H18BrN3O2/c1-10-7-17-18(9-10)4-3-16-8-11-5-12(15)14(19)13(6-11)20-2/h5-7,9,16,19H,3-4,8H2,1-2H3. The van der Waals surface area contributed by atoms with Crippen LogP contribution in [0.5, 0.6) is 11.5 Å². The van der Waals surface area contributed by atoms with Gasteiger partial charge in [0, 0.05) is 19.3 Å². The third-order valence-electron chi connectivity index (χ3n) is 2.92. The fourth-order valence-electron chi connectivity index (χ4n) is 1.90. The monoisotopic (exact) mass is 339 g/mol. The molecule has 1 aromatic carbocycles. The average molecular weight is 340 g/mol. The Morgan fingerprint density at radius 2 is 2.25 bits per heavy atom. The molecule has 1 aromatic heterocycles. The molecule has 0 fully saturated rings. The van der Waals surface area contributed by atoms with Crippen LogP contribution >= 0.6 is 15.9 Å². The normalized spacial score (nSPS) is 10.8. The topological polar surface area (TPSA) is 59.3 Å². The Morgan fingerprint density at radius 1 is 1.45 bits per heavy atom. The van der Waals surface area contributed by atoms with Crippen LogP contribution in [0.25, 0.3) is 0 Å². The first-order chi connectivity index (χ1) is 9.60. The predicted molar refractivity (Wildman–Crippen MR) is 81.0 cm³/mol. The summed E-state index contributed by atoms with van der Waals surface area (Å²) >= 11 is 3.31. The smallest absolute Gasteiger partial charge is 0.172 e. The number of hydrogen-bond acceptors (Lipinski definition) is 4. The van der Waals surface area contributed by atoms with E-state index in [1.807, 2.05) is 36.1 Å². The van der Waals surface area contributed by atoms with E-state index in [1.54, 1.807) is 7.11 Å². The Morgan fingerprint density at radius 3 is 2.90 bits per heavy atom. The van der Waals surface area contributed by atoms with Crippen LogP contribution in [0.4, 0.5) is 0 Å². The summed E-state index contributed by atoms with van der Waals surface area (Å²) in [5.41, 5.74) is 2.21. The second-order valence-electron chi connectivity index (χ2n) is 4.59. The third-order valence-corrected chi connectivity index (χ3v) is 3.52. The van der Waals surface area contributed by atoms with E-state index in [2.05, 4.69) is 26.3 Å². The number of nitrogens with zero attached hydrogens (tertiary/aromatic N) is 2. The maximum absolute atomic E-state index is 9.74. The molecule has 0 spiro atoms. The minimum Gasteiger partial charge on any atom is -0.503 e. The Hall–Kier alpha value is -1.53. The number of hydrogen-bond donors (Lipinski definition) is 2. The van der Waals surface area contributed by atoms with Crippen LogP contribution in [0.3, 0.4) is 0 Å². The summed E-state index contributed by atoms with van der Waals surface area (Å²) in [5, 5.41) is 17.3. The van der Waals surface area contributed by atoms with Crippen LogP contribution in [-0.4, -0.2) is 28.5 Å². The SMILES string of the molecule is COc1cc(CNCCn2cc(C)cn2)cc(Br)c1O. The number of phenols is 1. The van der Waals surface area contributed by atoms with Crippen LogP contribution in [0.15, 0.2) is 29.0 Å². The summed E-state index contributed by atoms with van der Waals surface area (Å²) in [6.45, 7) is 4.37. The van der Waals surface area contributed by atoms with Gasteiger partial charge in [-0.15, -0.1) is 0 Å². The second kappa shape index (κ2) is 6.76. The van der Waals surface area contributed by atoms with E-state index in [-0.39, 0.29) is 5.75 Å². The fourth-order valence-corrected chi connectivity index (χ4v) is 2.39. The summed E-state index contributed by atoms with van der Waals surface area (Å²) in [5.74, 6) is 0.599. The van der Waals surface area contributed by atoms with Crippen molar-refractivity contribution in [2.24, 2.45) is 0 Å². The van der Waals surface area contributed by atoms with Gasteiger partial charge >= 0.3 is 0 Å². The molecule has 20 heavy (non-hydrogen) atoms. The van der Waals surface area contributed by atoms with Gasteiger partial charge in [0.2, 0.25) is 0 Å². The zero-order chi connectivity index (χ0) is 14.5. The molecule has 1 heterocycles. The second-order valence-corrected chi connectivity index (χ2v) is 5.44. The van der Waals surface area contributed by atoms with Crippen molar-refractivity contribution in [2.45, 2.75) is 20.0 Å². The molecule has 0 aliphatic heterocycles. The highest BCUT2D eigenvalue weighted by atomic mass is 79.9. The number of aryl methyl sites for hydroxylation is 1. The number of methoxy groups -OCH3 is 1. The van der Waals surface area contributed by atoms with Gasteiger partial charge in [-0.3, -0.25) is 4.68 Å². The number of halogens is 1. The zero-order valence-electron chi connectivity index (χ0n) is 11.6. The van der Waals surface area contributed by atoms with Crippen LogP contribution in [0.1, 0.15) is 11.1 Å². The van der Waals surface area contributed by atoms with Crippen molar-refractivity contribution in [3.63, 3.8) is 0 Å². The minimum atomic E-state index is 0.128. The molecule has 0 amide bonds. The van der Waals surface area contributed by atoms with E-state index < -0.39 is 0 Å². The molecular formula is C14H18BrN3O2. The lowest BCUT2D eigenvalue weighted by molar-refractivity contribution is 0.371. The van der Waals surface area contributed by atoms with E-state index in [0.717, 1.165) is 24.2 Å². The molecule has 0 aliphatic carbocycles. The van der Waals surface area contributed by atoms with E-state index >= 15 is 0 Å². The van der Waals surface area contributed by atoms with Crippen molar-refractivity contribution >= 4 is 15.9 Å². The Bertz CT molecular complexity index is 584. The first-order valence-electron chi connectivity index (χ1n) is 6.35. The molecule has 0 saturated carbocycles. The van der Waals surface area contributed by atoms with Gasteiger partial charge in [0.25, 0.3) is 0 Å². The zero-order valence-corrected chi connectivity index (χ0v) is 13.1. The Labute approximate surface area is 126 Å². The van der Waals surface area contributed by atoms with E-state index in [9.17, 15) is 5.11 Å². The molecule has 0 saturated heterocycles. The number of benzene rings is 1. The van der Waals surface area contributed by atoms with Crippen molar-refractivity contribution in [1.82, 2.24) is 15.1 Å². The van der Waals surface area contributed by atoms with Crippen LogP contribution < -0.4 is 10.1 Å². The third kappa shape index (κ3) is 3.74. The van der Waals surface area contributed by atoms with Crippen molar-refractivity contribution < 1.29 is 9.84 Å². The fraction of sp³-hybridized carbons (Fsp3) is 0.357. The molecule has 2 rings (SSSR count). The van der Waals surface area contributed by atoms with Crippen LogP contribution in [-0.2, 0) is 13.1 Å². The minimum absolute atomic E-state index is 0.128. The molecular weight excluding hydrogens is 322 g/mol. The summed E-state index contributed by atoms with van der Waals surface area (Å²) in [6.07, 6.45) is 3.86. The van der Waals surface area contributed by atoms with Gasteiger partial charge in [-0.25, -0.2) is 0 Å². The molecule has 0 radical (unpaired) electrons. The highest BCUT2D eigenvalue weighted by Crippen LogP contribution is 2.35. The van der Waals surface area contributed by atoms with Crippen molar-refractivity contribution in [1.29, 1.82) is 0 Å². The lowest BCUT2D eigenvalue weighted by Gasteiger charge is -2.10. The molecule has 2 aromatic rings. The van der Waals surface area contributed by atoms with Crippen molar-refractivity contribution in [2.75, 3.05) is 13.7 Å². The van der Waals surface area contributed by atoms with E-state index in [1.165, 1.54) is 0 Å². The lowest BCUT2D eigenvalue weighted by atomic mass is 10.2. The summed E-state index contributed by atoms with van der Waals surface area (Å²) in [6, 6.07) is 3.70.